The summed E-state index contributed by atoms with van der Waals surface area (Å²) in [5.74, 6) is 0. The van der Waals surface area contributed by atoms with Crippen molar-refractivity contribution >= 4 is 0 Å². The van der Waals surface area contributed by atoms with E-state index in [4.69, 9.17) is 5.26 Å². The lowest BCUT2D eigenvalue weighted by Gasteiger charge is -2.01. The molecule has 0 aliphatic rings. The topological polar surface area (TPSA) is 27.7 Å². The molecule has 0 spiro atoms. The second-order valence-electron chi connectivity index (χ2n) is 5.57. The van der Waals surface area contributed by atoms with E-state index >= 15 is 0 Å². The van der Waals surface area contributed by atoms with Gasteiger partial charge in [0.2, 0.25) is 0 Å². The van der Waals surface area contributed by atoms with Crippen LogP contribution in [0.5, 0.6) is 0 Å². The zero-order valence-corrected chi connectivity index (χ0v) is 13.0. The molecule has 0 bridgehead atoms. The van der Waals surface area contributed by atoms with Crippen molar-refractivity contribution in [2.24, 2.45) is 0 Å². The summed E-state index contributed by atoms with van der Waals surface area (Å²) in [6.07, 6.45) is 15.5. The van der Waals surface area contributed by atoms with Gasteiger partial charge in [-0.2, -0.15) is 9.83 Å². The second kappa shape index (κ2) is 11.5. The molecule has 1 heterocycles. The predicted molar refractivity (Wildman–Crippen MR) is 83.2 cm³/mol. The highest BCUT2D eigenvalue weighted by atomic mass is 14.9. The van der Waals surface area contributed by atoms with Crippen LogP contribution in [0.2, 0.25) is 0 Å². The molecular weight excluding hydrogens is 244 g/mol. The van der Waals surface area contributed by atoms with Gasteiger partial charge in [0, 0.05) is 18.6 Å². The summed E-state index contributed by atoms with van der Waals surface area (Å²) in [7, 11) is 0. The summed E-state index contributed by atoms with van der Waals surface area (Å²) in [5, 5.41) is 9.01. The summed E-state index contributed by atoms with van der Waals surface area (Å²) < 4.78 is 2.06. The lowest BCUT2D eigenvalue weighted by atomic mass is 10.1. The fourth-order valence-electron chi connectivity index (χ4n) is 2.54. The van der Waals surface area contributed by atoms with E-state index in [1.54, 1.807) is 0 Å². The van der Waals surface area contributed by atoms with Gasteiger partial charge in [-0.3, -0.25) is 0 Å². The molecule has 0 aromatic carbocycles. The SMILES string of the molecule is CCCCCCCCCCCC[n+]1ccccc1C#N. The van der Waals surface area contributed by atoms with E-state index < -0.39 is 0 Å². The van der Waals surface area contributed by atoms with E-state index in [0.29, 0.717) is 0 Å². The zero-order chi connectivity index (χ0) is 14.5. The first-order chi connectivity index (χ1) is 9.88. The highest BCUT2D eigenvalue weighted by Crippen LogP contribution is 2.10. The Bertz CT molecular complexity index is 393. The maximum atomic E-state index is 9.01. The highest BCUT2D eigenvalue weighted by molar-refractivity contribution is 5.12. The summed E-state index contributed by atoms with van der Waals surface area (Å²) in [6, 6.07) is 8.05. The first kappa shape index (κ1) is 16.7. The van der Waals surface area contributed by atoms with Crippen molar-refractivity contribution in [3.63, 3.8) is 0 Å². The standard InChI is InChI=1S/C18H29N2/c1-2-3-4-5-6-7-8-9-10-12-15-20-16-13-11-14-18(20)17-19/h11,13-14,16H,2-10,12,15H2,1H3/q+1. The molecule has 0 unspecified atom stereocenters. The van der Waals surface area contributed by atoms with E-state index in [0.717, 1.165) is 12.2 Å². The Hall–Kier alpha value is -1.36. The number of aromatic nitrogens is 1. The minimum Gasteiger partial charge on any atom is -0.190 e. The molecule has 110 valence electrons. The van der Waals surface area contributed by atoms with Crippen LogP contribution in [0.15, 0.2) is 24.4 Å². The van der Waals surface area contributed by atoms with E-state index in [9.17, 15) is 0 Å². The second-order valence-corrected chi connectivity index (χ2v) is 5.57. The maximum absolute atomic E-state index is 9.01. The fraction of sp³-hybridized carbons (Fsp3) is 0.667. The number of pyridine rings is 1. The van der Waals surface area contributed by atoms with Gasteiger partial charge in [-0.05, 0) is 12.5 Å². The molecule has 0 fully saturated rings. The Labute approximate surface area is 124 Å². The molecule has 0 atom stereocenters. The summed E-state index contributed by atoms with van der Waals surface area (Å²) in [6.45, 7) is 3.24. The van der Waals surface area contributed by atoms with Crippen LogP contribution in [0.3, 0.4) is 0 Å². The molecule has 1 aromatic rings. The van der Waals surface area contributed by atoms with Crippen molar-refractivity contribution in [1.29, 1.82) is 5.26 Å². The predicted octanol–water partition coefficient (Wildman–Crippen LogP) is 4.77. The number of hydrogen-bond acceptors (Lipinski definition) is 1. The molecule has 0 amide bonds. The molecular formula is C18H29N2+. The summed E-state index contributed by atoms with van der Waals surface area (Å²) >= 11 is 0. The van der Waals surface area contributed by atoms with Crippen molar-refractivity contribution in [2.45, 2.75) is 77.7 Å². The molecule has 2 heteroatoms. The molecule has 0 N–H and O–H groups in total. The Balaban J connectivity index is 1.98. The number of rotatable bonds is 11. The fourth-order valence-corrected chi connectivity index (χ4v) is 2.54. The van der Waals surface area contributed by atoms with E-state index in [-0.39, 0.29) is 0 Å². The molecule has 0 saturated heterocycles. The lowest BCUT2D eigenvalue weighted by molar-refractivity contribution is -0.699. The van der Waals surface area contributed by atoms with Gasteiger partial charge in [0.25, 0.3) is 5.69 Å². The average molecular weight is 273 g/mol. The quantitative estimate of drug-likeness (QED) is 0.421. The smallest absolute Gasteiger partial charge is 0.190 e. The Kier molecular flexibility index (Phi) is 9.57. The van der Waals surface area contributed by atoms with Crippen molar-refractivity contribution in [1.82, 2.24) is 0 Å². The van der Waals surface area contributed by atoms with Crippen molar-refractivity contribution in [3.05, 3.63) is 30.1 Å². The Morgan fingerprint density at radius 2 is 1.50 bits per heavy atom. The minimum absolute atomic E-state index is 0.767. The number of unbranched alkanes of at least 4 members (excludes halogenated alkanes) is 9. The molecule has 0 aliphatic heterocycles. The van der Waals surface area contributed by atoms with Crippen LogP contribution in [0.4, 0.5) is 0 Å². The zero-order valence-electron chi connectivity index (χ0n) is 13.0. The van der Waals surface area contributed by atoms with Crippen LogP contribution >= 0.6 is 0 Å². The van der Waals surface area contributed by atoms with Gasteiger partial charge < -0.3 is 0 Å². The molecule has 20 heavy (non-hydrogen) atoms. The van der Waals surface area contributed by atoms with Crippen LogP contribution in [0, 0.1) is 11.3 Å². The first-order valence-electron chi connectivity index (χ1n) is 8.27. The van der Waals surface area contributed by atoms with Gasteiger partial charge in [0.1, 0.15) is 6.54 Å². The van der Waals surface area contributed by atoms with Crippen LogP contribution in [-0.2, 0) is 6.54 Å². The molecule has 1 aromatic heterocycles. The number of nitriles is 1. The minimum atomic E-state index is 0.767. The van der Waals surface area contributed by atoms with Crippen LogP contribution in [0.25, 0.3) is 0 Å². The maximum Gasteiger partial charge on any atom is 0.283 e. The number of hydrogen-bond donors (Lipinski definition) is 0. The van der Waals surface area contributed by atoms with Crippen molar-refractivity contribution in [3.8, 4) is 6.07 Å². The molecule has 0 saturated carbocycles. The van der Waals surface area contributed by atoms with Crippen molar-refractivity contribution < 1.29 is 4.57 Å². The van der Waals surface area contributed by atoms with E-state index in [2.05, 4.69) is 17.6 Å². The lowest BCUT2D eigenvalue weighted by Crippen LogP contribution is -2.36. The van der Waals surface area contributed by atoms with E-state index in [1.807, 2.05) is 24.4 Å². The third-order valence-electron chi connectivity index (χ3n) is 3.81. The average Bonchev–Trinajstić information content (AvgIpc) is 2.49. The largest absolute Gasteiger partial charge is 0.283 e. The van der Waals surface area contributed by atoms with Gasteiger partial charge in [0.15, 0.2) is 12.3 Å². The van der Waals surface area contributed by atoms with Crippen LogP contribution in [-0.4, -0.2) is 0 Å². The normalized spacial score (nSPS) is 10.4. The Morgan fingerprint density at radius 1 is 0.900 bits per heavy atom. The van der Waals surface area contributed by atoms with Crippen LogP contribution < -0.4 is 4.57 Å². The molecule has 0 aliphatic carbocycles. The Morgan fingerprint density at radius 3 is 2.10 bits per heavy atom. The van der Waals surface area contributed by atoms with Gasteiger partial charge in [-0.25, -0.2) is 0 Å². The first-order valence-corrected chi connectivity index (χ1v) is 8.27. The van der Waals surface area contributed by atoms with Gasteiger partial charge in [0.05, 0.1) is 0 Å². The van der Waals surface area contributed by atoms with Gasteiger partial charge in [-0.1, -0.05) is 58.3 Å². The molecule has 0 radical (unpaired) electrons. The summed E-state index contributed by atoms with van der Waals surface area (Å²) in [5.41, 5.74) is 0.767. The monoisotopic (exact) mass is 273 g/mol. The van der Waals surface area contributed by atoms with Gasteiger partial charge >= 0.3 is 0 Å². The van der Waals surface area contributed by atoms with Gasteiger partial charge in [-0.15, -0.1) is 0 Å². The summed E-state index contributed by atoms with van der Waals surface area (Å²) in [4.78, 5) is 0. The number of aryl methyl sites for hydroxylation is 1. The van der Waals surface area contributed by atoms with Crippen LogP contribution in [0.1, 0.15) is 76.8 Å². The van der Waals surface area contributed by atoms with E-state index in [1.165, 1.54) is 64.2 Å². The molecule has 2 nitrogen and oxygen atoms in total. The molecule has 1 rings (SSSR count). The highest BCUT2D eigenvalue weighted by Gasteiger charge is 2.06. The third-order valence-corrected chi connectivity index (χ3v) is 3.81. The third kappa shape index (κ3) is 7.28. The van der Waals surface area contributed by atoms with Crippen molar-refractivity contribution in [2.75, 3.05) is 0 Å². The number of nitrogens with zero attached hydrogens (tertiary/aromatic N) is 2.